The molecule has 0 spiro atoms. The number of benzene rings is 1. The van der Waals surface area contributed by atoms with Gasteiger partial charge in [0, 0.05) is 0 Å². The van der Waals surface area contributed by atoms with Gasteiger partial charge in [-0.25, -0.2) is 4.79 Å². The lowest BCUT2D eigenvalue weighted by Crippen LogP contribution is -2.28. The van der Waals surface area contributed by atoms with E-state index >= 15 is 0 Å². The molecule has 0 amide bonds. The van der Waals surface area contributed by atoms with Gasteiger partial charge in [-0.3, -0.25) is 0 Å². The zero-order chi connectivity index (χ0) is 13.0. The summed E-state index contributed by atoms with van der Waals surface area (Å²) in [6, 6.07) is 9.89. The molecule has 1 saturated heterocycles. The quantitative estimate of drug-likeness (QED) is 0.573. The maximum atomic E-state index is 12.1. The Morgan fingerprint density at radius 2 is 2.06 bits per heavy atom. The molecule has 1 aliphatic heterocycles. The topological polar surface area (TPSA) is 38.8 Å². The summed E-state index contributed by atoms with van der Waals surface area (Å²) < 4.78 is 10.9. The highest BCUT2D eigenvalue weighted by atomic mass is 16.7. The molecule has 98 valence electrons. The Labute approximate surface area is 108 Å². The van der Waals surface area contributed by atoms with Gasteiger partial charge in [0.05, 0.1) is 6.61 Å². The van der Waals surface area contributed by atoms with Crippen molar-refractivity contribution in [3.63, 3.8) is 0 Å². The van der Waals surface area contributed by atoms with E-state index in [0.717, 1.165) is 24.8 Å². The highest BCUT2D eigenvalue weighted by molar-refractivity contribution is 5.83. The van der Waals surface area contributed by atoms with Crippen molar-refractivity contribution in [3.8, 4) is 0 Å². The number of carbonyl (C=O) groups is 1. The summed E-state index contributed by atoms with van der Waals surface area (Å²) in [6.07, 6.45) is 2.63. The first-order valence-corrected chi connectivity index (χ1v) is 6.64. The second-order valence-electron chi connectivity index (χ2n) is 4.62. The third kappa shape index (κ3) is 2.41. The van der Waals surface area contributed by atoms with E-state index in [1.54, 1.807) is 0 Å². The van der Waals surface area contributed by atoms with Crippen LogP contribution in [0.5, 0.6) is 0 Å². The Morgan fingerprint density at radius 1 is 1.33 bits per heavy atom. The second kappa shape index (κ2) is 5.53. The van der Waals surface area contributed by atoms with Crippen LogP contribution in [0.15, 0.2) is 30.3 Å². The number of hydrogen-bond acceptors (Lipinski definition) is 3. The molecular formula is C15H20O3. The summed E-state index contributed by atoms with van der Waals surface area (Å²) in [5.41, 5.74) is 0.328. The Morgan fingerprint density at radius 3 is 2.67 bits per heavy atom. The average molecular weight is 248 g/mol. The van der Waals surface area contributed by atoms with Gasteiger partial charge in [0.25, 0.3) is 0 Å². The molecule has 0 saturated carbocycles. The zero-order valence-electron chi connectivity index (χ0n) is 11.0. The van der Waals surface area contributed by atoms with E-state index in [2.05, 4.69) is 6.92 Å². The number of unbranched alkanes of at least 4 members (excludes halogenated alkanes) is 1. The minimum Gasteiger partial charge on any atom is -0.464 e. The van der Waals surface area contributed by atoms with Gasteiger partial charge < -0.3 is 9.47 Å². The molecule has 1 fully saturated rings. The molecule has 1 aromatic rings. The molecule has 2 atom stereocenters. The SMILES string of the molecule is CCCC[C@]1(C(=O)OCC)O[C@H]1c1ccccc1. The van der Waals surface area contributed by atoms with E-state index in [9.17, 15) is 4.79 Å². The molecule has 1 aliphatic rings. The lowest BCUT2D eigenvalue weighted by Gasteiger charge is -2.11. The van der Waals surface area contributed by atoms with Crippen LogP contribution >= 0.6 is 0 Å². The standard InChI is InChI=1S/C15H20O3/c1-3-5-11-15(14(16)17-4-2)13(18-15)12-9-7-6-8-10-12/h6-10,13H,3-5,11H2,1-2H3/t13-,15-/m0/s1. The highest BCUT2D eigenvalue weighted by Crippen LogP contribution is 2.53. The van der Waals surface area contributed by atoms with Gasteiger partial charge in [-0.05, 0) is 18.9 Å². The van der Waals surface area contributed by atoms with Crippen molar-refractivity contribution in [2.75, 3.05) is 6.61 Å². The monoisotopic (exact) mass is 248 g/mol. The molecule has 0 unspecified atom stereocenters. The number of hydrogen-bond donors (Lipinski definition) is 0. The predicted octanol–water partition coefficient (Wildman–Crippen LogP) is 3.25. The smallest absolute Gasteiger partial charge is 0.341 e. The third-order valence-electron chi connectivity index (χ3n) is 3.32. The zero-order valence-corrected chi connectivity index (χ0v) is 11.0. The Hall–Kier alpha value is -1.35. The number of epoxide rings is 1. The van der Waals surface area contributed by atoms with Gasteiger partial charge in [-0.15, -0.1) is 0 Å². The highest BCUT2D eigenvalue weighted by Gasteiger charge is 2.63. The second-order valence-corrected chi connectivity index (χ2v) is 4.62. The fourth-order valence-electron chi connectivity index (χ4n) is 2.28. The molecule has 0 aliphatic carbocycles. The maximum absolute atomic E-state index is 12.1. The van der Waals surface area contributed by atoms with Crippen LogP contribution in [-0.4, -0.2) is 18.2 Å². The molecule has 0 N–H and O–H groups in total. The van der Waals surface area contributed by atoms with Crippen LogP contribution in [0, 0.1) is 0 Å². The molecular weight excluding hydrogens is 228 g/mol. The van der Waals surface area contributed by atoms with Crippen molar-refractivity contribution in [2.45, 2.75) is 44.8 Å². The van der Waals surface area contributed by atoms with Crippen LogP contribution in [0.25, 0.3) is 0 Å². The molecule has 3 nitrogen and oxygen atoms in total. The number of ether oxygens (including phenoxy) is 2. The van der Waals surface area contributed by atoms with Gasteiger partial charge in [-0.2, -0.15) is 0 Å². The average Bonchev–Trinajstić information content (AvgIpc) is 3.14. The summed E-state index contributed by atoms with van der Waals surface area (Å²) in [6.45, 7) is 4.33. The van der Waals surface area contributed by atoms with Crippen molar-refractivity contribution in [3.05, 3.63) is 35.9 Å². The first kappa shape index (κ1) is 13.1. The van der Waals surface area contributed by atoms with Gasteiger partial charge >= 0.3 is 5.97 Å². The van der Waals surface area contributed by atoms with Gasteiger partial charge in [-0.1, -0.05) is 50.1 Å². The van der Waals surface area contributed by atoms with Crippen LogP contribution in [0.3, 0.4) is 0 Å². The summed E-state index contributed by atoms with van der Waals surface area (Å²) in [5, 5.41) is 0. The Bertz CT molecular complexity index is 401. The first-order valence-electron chi connectivity index (χ1n) is 6.64. The number of esters is 1. The molecule has 1 heterocycles. The first-order chi connectivity index (χ1) is 8.74. The lowest BCUT2D eigenvalue weighted by molar-refractivity contribution is -0.149. The fraction of sp³-hybridized carbons (Fsp3) is 0.533. The molecule has 18 heavy (non-hydrogen) atoms. The van der Waals surface area contributed by atoms with Crippen LogP contribution < -0.4 is 0 Å². The van der Waals surface area contributed by atoms with Crippen LogP contribution in [0.2, 0.25) is 0 Å². The Kier molecular flexibility index (Phi) is 4.02. The third-order valence-corrected chi connectivity index (χ3v) is 3.32. The van der Waals surface area contributed by atoms with Gasteiger partial charge in [0.2, 0.25) is 0 Å². The molecule has 2 rings (SSSR count). The molecule has 1 aromatic carbocycles. The minimum atomic E-state index is -0.729. The largest absolute Gasteiger partial charge is 0.464 e. The van der Waals surface area contributed by atoms with Crippen LogP contribution in [0.1, 0.15) is 44.8 Å². The van der Waals surface area contributed by atoms with Gasteiger partial charge in [0.15, 0.2) is 5.60 Å². The summed E-state index contributed by atoms with van der Waals surface area (Å²) in [5.74, 6) is -0.215. The van der Waals surface area contributed by atoms with E-state index in [1.807, 2.05) is 37.3 Å². The van der Waals surface area contributed by atoms with Crippen molar-refractivity contribution in [1.82, 2.24) is 0 Å². The molecule has 0 aromatic heterocycles. The van der Waals surface area contributed by atoms with E-state index in [1.165, 1.54) is 0 Å². The van der Waals surface area contributed by atoms with Crippen molar-refractivity contribution in [2.24, 2.45) is 0 Å². The van der Waals surface area contributed by atoms with Crippen LogP contribution in [0.4, 0.5) is 0 Å². The van der Waals surface area contributed by atoms with Crippen molar-refractivity contribution in [1.29, 1.82) is 0 Å². The lowest BCUT2D eigenvalue weighted by atomic mass is 9.94. The fourth-order valence-corrected chi connectivity index (χ4v) is 2.28. The number of rotatable bonds is 6. The minimum absolute atomic E-state index is 0.135. The van der Waals surface area contributed by atoms with Crippen molar-refractivity contribution < 1.29 is 14.3 Å². The molecule has 0 radical (unpaired) electrons. The van der Waals surface area contributed by atoms with E-state index in [4.69, 9.17) is 9.47 Å². The normalized spacial score (nSPS) is 25.8. The van der Waals surface area contributed by atoms with E-state index < -0.39 is 5.60 Å². The van der Waals surface area contributed by atoms with Gasteiger partial charge in [0.1, 0.15) is 6.10 Å². The van der Waals surface area contributed by atoms with E-state index in [0.29, 0.717) is 6.61 Å². The summed E-state index contributed by atoms with van der Waals surface area (Å²) in [4.78, 5) is 12.1. The van der Waals surface area contributed by atoms with Crippen LogP contribution in [-0.2, 0) is 14.3 Å². The number of carbonyl (C=O) groups excluding carboxylic acids is 1. The molecule has 3 heteroatoms. The predicted molar refractivity (Wildman–Crippen MR) is 69.2 cm³/mol. The molecule has 0 bridgehead atoms. The summed E-state index contributed by atoms with van der Waals surface area (Å²) >= 11 is 0. The maximum Gasteiger partial charge on any atom is 0.341 e. The summed E-state index contributed by atoms with van der Waals surface area (Å²) in [7, 11) is 0. The van der Waals surface area contributed by atoms with E-state index in [-0.39, 0.29) is 12.1 Å². The Balaban J connectivity index is 2.12. The van der Waals surface area contributed by atoms with Crippen molar-refractivity contribution >= 4 is 5.97 Å².